The fraction of sp³-hybridized carbons (Fsp3) is 0.158. The number of aliphatic imine (C=N–C) groups is 1. The molecule has 1 heterocycles. The number of carbonyl (C=O) groups excluding carboxylic acids is 1. The third-order valence-corrected chi connectivity index (χ3v) is 4.18. The number of phenolic OH excluding ortho intramolecular Hbond substituents is 1. The van der Waals surface area contributed by atoms with Crippen molar-refractivity contribution in [2.24, 2.45) is 4.99 Å². The van der Waals surface area contributed by atoms with Crippen molar-refractivity contribution in [3.63, 3.8) is 0 Å². The molecule has 1 aromatic heterocycles. The van der Waals surface area contributed by atoms with E-state index in [0.29, 0.717) is 0 Å². The van der Waals surface area contributed by atoms with Crippen LogP contribution in [0.2, 0.25) is 0 Å². The Hall–Kier alpha value is -3.68. The Bertz CT molecular complexity index is 1030. The Labute approximate surface area is 154 Å². The average molecular weight is 367 g/mol. The monoisotopic (exact) mass is 367 g/mol. The number of fused-ring (bicyclic) bond motifs is 1. The molecule has 27 heavy (non-hydrogen) atoms. The van der Waals surface area contributed by atoms with Crippen LogP contribution < -0.4 is 0 Å². The van der Waals surface area contributed by atoms with Gasteiger partial charge in [-0.3, -0.25) is 15.1 Å². The molecule has 0 fully saturated rings. The molecule has 8 nitrogen and oxygen atoms in total. The SMILES string of the molecule is COC(=O)C(Cc1c[nH]c2ccccc12)N=Cc1cc([N+](=O)[O-])ccc1O. The third-order valence-electron chi connectivity index (χ3n) is 4.18. The van der Waals surface area contributed by atoms with Gasteiger partial charge in [0.25, 0.3) is 5.69 Å². The van der Waals surface area contributed by atoms with Gasteiger partial charge < -0.3 is 14.8 Å². The summed E-state index contributed by atoms with van der Waals surface area (Å²) in [5.74, 6) is -0.707. The molecule has 0 spiro atoms. The van der Waals surface area contributed by atoms with E-state index < -0.39 is 16.9 Å². The van der Waals surface area contributed by atoms with E-state index in [9.17, 15) is 20.0 Å². The minimum absolute atomic E-state index is 0.150. The van der Waals surface area contributed by atoms with Crippen molar-refractivity contribution in [2.45, 2.75) is 12.5 Å². The molecular formula is C19H17N3O5. The normalized spacial score (nSPS) is 12.3. The third kappa shape index (κ3) is 3.95. The highest BCUT2D eigenvalue weighted by molar-refractivity contribution is 5.88. The zero-order valence-electron chi connectivity index (χ0n) is 14.5. The van der Waals surface area contributed by atoms with Crippen LogP contribution in [-0.4, -0.2) is 40.3 Å². The lowest BCUT2D eigenvalue weighted by Gasteiger charge is -2.10. The second-order valence-corrected chi connectivity index (χ2v) is 5.88. The molecule has 2 N–H and O–H groups in total. The lowest BCUT2D eigenvalue weighted by atomic mass is 10.1. The number of aromatic amines is 1. The molecule has 0 aliphatic rings. The molecule has 0 saturated carbocycles. The molecule has 0 aliphatic heterocycles. The maximum Gasteiger partial charge on any atom is 0.330 e. The van der Waals surface area contributed by atoms with Crippen LogP contribution in [0.1, 0.15) is 11.1 Å². The van der Waals surface area contributed by atoms with Gasteiger partial charge >= 0.3 is 5.97 Å². The summed E-state index contributed by atoms with van der Waals surface area (Å²) in [5, 5.41) is 21.8. The second-order valence-electron chi connectivity index (χ2n) is 5.88. The van der Waals surface area contributed by atoms with Gasteiger partial charge in [-0.25, -0.2) is 4.79 Å². The number of esters is 1. The molecular weight excluding hydrogens is 350 g/mol. The number of benzene rings is 2. The van der Waals surface area contributed by atoms with Gasteiger partial charge in [0, 0.05) is 47.4 Å². The minimum atomic E-state index is -0.854. The number of non-ortho nitro benzene ring substituents is 1. The van der Waals surface area contributed by atoms with Crippen molar-refractivity contribution in [3.05, 3.63) is 69.9 Å². The van der Waals surface area contributed by atoms with Crippen LogP contribution >= 0.6 is 0 Å². The summed E-state index contributed by atoms with van der Waals surface area (Å²) in [6.45, 7) is 0. The van der Waals surface area contributed by atoms with Crippen LogP contribution in [0.3, 0.4) is 0 Å². The van der Waals surface area contributed by atoms with Crippen LogP contribution in [-0.2, 0) is 16.0 Å². The molecule has 1 unspecified atom stereocenters. The van der Waals surface area contributed by atoms with Crippen molar-refractivity contribution in [1.82, 2.24) is 4.98 Å². The number of aromatic nitrogens is 1. The Morgan fingerprint density at radius 3 is 2.89 bits per heavy atom. The van der Waals surface area contributed by atoms with E-state index in [1.54, 1.807) is 6.20 Å². The first-order chi connectivity index (χ1) is 13.0. The standard InChI is InChI=1S/C19H17N3O5/c1-27-19(24)17(9-12-10-20-16-5-3-2-4-15(12)16)21-11-13-8-14(22(25)26)6-7-18(13)23/h2-8,10-11,17,20,23H,9H2,1H3. The molecule has 0 amide bonds. The largest absolute Gasteiger partial charge is 0.507 e. The van der Waals surface area contributed by atoms with Gasteiger partial charge in [-0.2, -0.15) is 0 Å². The van der Waals surface area contributed by atoms with E-state index in [1.807, 2.05) is 24.3 Å². The first-order valence-corrected chi connectivity index (χ1v) is 8.13. The zero-order chi connectivity index (χ0) is 19.4. The van der Waals surface area contributed by atoms with Crippen LogP contribution in [0.15, 0.2) is 53.7 Å². The van der Waals surface area contributed by atoms with E-state index >= 15 is 0 Å². The van der Waals surface area contributed by atoms with Gasteiger partial charge in [-0.15, -0.1) is 0 Å². The highest BCUT2D eigenvalue weighted by atomic mass is 16.6. The summed E-state index contributed by atoms with van der Waals surface area (Å²) >= 11 is 0. The van der Waals surface area contributed by atoms with Crippen molar-refractivity contribution in [3.8, 4) is 5.75 Å². The number of nitrogens with one attached hydrogen (secondary N) is 1. The van der Waals surface area contributed by atoms with E-state index in [0.717, 1.165) is 16.5 Å². The number of rotatable bonds is 6. The minimum Gasteiger partial charge on any atom is -0.507 e. The van der Waals surface area contributed by atoms with Gasteiger partial charge in [0.2, 0.25) is 0 Å². The predicted octanol–water partition coefficient (Wildman–Crippen LogP) is 2.98. The van der Waals surface area contributed by atoms with Crippen molar-refractivity contribution in [2.75, 3.05) is 7.11 Å². The number of para-hydroxylation sites is 1. The summed E-state index contributed by atoms with van der Waals surface area (Å²) in [7, 11) is 1.27. The summed E-state index contributed by atoms with van der Waals surface area (Å²) < 4.78 is 4.82. The number of nitro groups is 1. The summed E-state index contributed by atoms with van der Waals surface area (Å²) in [4.78, 5) is 29.8. The number of nitro benzene ring substituents is 1. The molecule has 3 rings (SSSR count). The number of hydrogen-bond donors (Lipinski definition) is 2. The van der Waals surface area contributed by atoms with Gasteiger partial charge in [0.15, 0.2) is 6.04 Å². The molecule has 1 atom stereocenters. The van der Waals surface area contributed by atoms with Crippen LogP contribution in [0, 0.1) is 10.1 Å². The van der Waals surface area contributed by atoms with Crippen molar-refractivity contribution >= 4 is 28.8 Å². The molecule has 8 heteroatoms. The number of phenols is 1. The van der Waals surface area contributed by atoms with Gasteiger partial charge in [-0.05, 0) is 17.7 Å². The highest BCUT2D eigenvalue weighted by Crippen LogP contribution is 2.23. The fourth-order valence-corrected chi connectivity index (χ4v) is 2.77. The number of H-pyrrole nitrogens is 1. The maximum atomic E-state index is 12.1. The molecule has 2 aromatic carbocycles. The topological polar surface area (TPSA) is 118 Å². The van der Waals surface area contributed by atoms with Crippen LogP contribution in [0.4, 0.5) is 5.69 Å². The number of nitrogens with zero attached hydrogens (tertiary/aromatic N) is 2. The van der Waals surface area contributed by atoms with Gasteiger partial charge in [0.05, 0.1) is 12.0 Å². The highest BCUT2D eigenvalue weighted by Gasteiger charge is 2.20. The molecule has 0 bridgehead atoms. The molecule has 0 aliphatic carbocycles. The lowest BCUT2D eigenvalue weighted by molar-refractivity contribution is -0.384. The summed E-state index contributed by atoms with van der Waals surface area (Å²) in [6.07, 6.45) is 3.34. The molecule has 3 aromatic rings. The number of methoxy groups -OCH3 is 1. The van der Waals surface area contributed by atoms with Gasteiger partial charge in [0.1, 0.15) is 5.75 Å². The molecule has 0 saturated heterocycles. The van der Waals surface area contributed by atoms with Crippen molar-refractivity contribution in [1.29, 1.82) is 0 Å². The quantitative estimate of drug-likeness (QED) is 0.300. The van der Waals surface area contributed by atoms with Crippen LogP contribution in [0.25, 0.3) is 10.9 Å². The smallest absolute Gasteiger partial charge is 0.330 e. The Morgan fingerprint density at radius 1 is 1.37 bits per heavy atom. The zero-order valence-corrected chi connectivity index (χ0v) is 14.5. The van der Waals surface area contributed by atoms with E-state index in [4.69, 9.17) is 4.74 Å². The Balaban J connectivity index is 1.90. The van der Waals surface area contributed by atoms with E-state index in [-0.39, 0.29) is 23.4 Å². The Morgan fingerprint density at radius 2 is 2.15 bits per heavy atom. The lowest BCUT2D eigenvalue weighted by Crippen LogP contribution is -2.23. The molecule has 0 radical (unpaired) electrons. The van der Waals surface area contributed by atoms with Gasteiger partial charge in [-0.1, -0.05) is 18.2 Å². The average Bonchev–Trinajstić information content (AvgIpc) is 3.08. The second kappa shape index (κ2) is 7.69. The van der Waals surface area contributed by atoms with Crippen LogP contribution in [0.5, 0.6) is 5.75 Å². The predicted molar refractivity (Wildman–Crippen MR) is 100 cm³/mol. The number of aromatic hydroxyl groups is 1. The number of carbonyl (C=O) groups is 1. The Kier molecular flexibility index (Phi) is 5.16. The molecule has 138 valence electrons. The number of ether oxygens (including phenoxy) is 1. The number of hydrogen-bond acceptors (Lipinski definition) is 6. The summed E-state index contributed by atoms with van der Waals surface area (Å²) in [6, 6.07) is 10.4. The maximum absolute atomic E-state index is 12.1. The summed E-state index contributed by atoms with van der Waals surface area (Å²) in [5.41, 5.74) is 1.80. The first kappa shape index (κ1) is 18.1. The first-order valence-electron chi connectivity index (χ1n) is 8.13. The fourth-order valence-electron chi connectivity index (χ4n) is 2.77. The van der Waals surface area contributed by atoms with E-state index in [1.165, 1.54) is 31.5 Å². The van der Waals surface area contributed by atoms with E-state index in [2.05, 4.69) is 9.98 Å². The van der Waals surface area contributed by atoms with Crippen molar-refractivity contribution < 1.29 is 19.6 Å².